The van der Waals surface area contributed by atoms with E-state index in [4.69, 9.17) is 0 Å². The highest BCUT2D eigenvalue weighted by molar-refractivity contribution is 9.10. The average Bonchev–Trinajstić information content (AvgIpc) is 2.55. The molecule has 104 valence electrons. The number of benzene rings is 1. The Bertz CT molecular complexity index is 700. The van der Waals surface area contributed by atoms with Crippen LogP contribution in [0.5, 0.6) is 0 Å². The van der Waals surface area contributed by atoms with Crippen molar-refractivity contribution < 1.29 is 0 Å². The minimum absolute atomic E-state index is 0.847. The second-order valence-corrected chi connectivity index (χ2v) is 6.32. The predicted octanol–water partition coefficient (Wildman–Crippen LogP) is 4.59. The molecule has 0 aliphatic heterocycles. The molecule has 3 nitrogen and oxygen atoms in total. The highest BCUT2D eigenvalue weighted by Crippen LogP contribution is 2.23. The van der Waals surface area contributed by atoms with Gasteiger partial charge in [-0.1, -0.05) is 45.9 Å². The van der Waals surface area contributed by atoms with Crippen LogP contribution in [-0.2, 0) is 5.75 Å². The summed E-state index contributed by atoms with van der Waals surface area (Å²) in [6, 6.07) is 16.1. The molecular weight excluding hydrogens is 346 g/mol. The summed E-state index contributed by atoms with van der Waals surface area (Å²) in [5.41, 5.74) is 3.13. The van der Waals surface area contributed by atoms with Gasteiger partial charge in [-0.25, -0.2) is 0 Å². The standard InChI is InChI=1S/C16H12BrN3S/c17-14-5-3-13(4-6-14)15-7-8-16(20-19-15)21-11-12-2-1-9-18-10-12/h1-10H,11H2. The van der Waals surface area contributed by atoms with Crippen LogP contribution >= 0.6 is 27.7 Å². The molecule has 0 aliphatic rings. The van der Waals surface area contributed by atoms with Crippen molar-refractivity contribution in [1.29, 1.82) is 0 Å². The van der Waals surface area contributed by atoms with Gasteiger partial charge in [0.15, 0.2) is 0 Å². The number of rotatable bonds is 4. The second-order valence-electron chi connectivity index (χ2n) is 4.41. The van der Waals surface area contributed by atoms with Crippen LogP contribution < -0.4 is 0 Å². The third-order valence-electron chi connectivity index (χ3n) is 2.89. The molecular formula is C16H12BrN3S. The molecule has 0 atom stereocenters. The Balaban J connectivity index is 1.68. The van der Waals surface area contributed by atoms with Gasteiger partial charge in [-0.05, 0) is 35.9 Å². The van der Waals surface area contributed by atoms with E-state index in [1.165, 1.54) is 5.56 Å². The number of thioether (sulfide) groups is 1. The van der Waals surface area contributed by atoms with Crippen LogP contribution in [-0.4, -0.2) is 15.2 Å². The molecule has 0 bridgehead atoms. The maximum absolute atomic E-state index is 4.29. The minimum Gasteiger partial charge on any atom is -0.264 e. The zero-order valence-electron chi connectivity index (χ0n) is 11.1. The van der Waals surface area contributed by atoms with Crippen molar-refractivity contribution in [3.63, 3.8) is 0 Å². The van der Waals surface area contributed by atoms with E-state index in [0.717, 1.165) is 26.5 Å². The van der Waals surface area contributed by atoms with E-state index in [-0.39, 0.29) is 0 Å². The Morgan fingerprint density at radius 3 is 2.48 bits per heavy atom. The van der Waals surface area contributed by atoms with Gasteiger partial charge in [-0.2, -0.15) is 0 Å². The molecule has 1 aromatic carbocycles. The monoisotopic (exact) mass is 357 g/mol. The summed E-state index contributed by atoms with van der Waals surface area (Å²) in [5.74, 6) is 0.847. The summed E-state index contributed by atoms with van der Waals surface area (Å²) in [5, 5.41) is 9.48. The molecule has 2 aromatic heterocycles. The van der Waals surface area contributed by atoms with Crippen molar-refractivity contribution in [2.75, 3.05) is 0 Å². The van der Waals surface area contributed by atoms with Crippen LogP contribution in [0.15, 0.2) is 70.4 Å². The van der Waals surface area contributed by atoms with Crippen LogP contribution in [0.25, 0.3) is 11.3 Å². The van der Waals surface area contributed by atoms with Crippen molar-refractivity contribution in [2.24, 2.45) is 0 Å². The molecule has 0 amide bonds. The first-order chi connectivity index (χ1) is 10.3. The van der Waals surface area contributed by atoms with Crippen molar-refractivity contribution >= 4 is 27.7 Å². The molecule has 3 aromatic rings. The van der Waals surface area contributed by atoms with E-state index < -0.39 is 0 Å². The number of pyridine rings is 1. The Labute approximate surface area is 136 Å². The van der Waals surface area contributed by atoms with E-state index in [0.29, 0.717) is 0 Å². The number of aromatic nitrogens is 3. The first kappa shape index (κ1) is 14.2. The van der Waals surface area contributed by atoms with Crippen LogP contribution in [0.4, 0.5) is 0 Å². The molecule has 0 saturated carbocycles. The van der Waals surface area contributed by atoms with Crippen LogP contribution in [0.1, 0.15) is 5.56 Å². The van der Waals surface area contributed by atoms with Gasteiger partial charge in [0.2, 0.25) is 0 Å². The zero-order chi connectivity index (χ0) is 14.5. The van der Waals surface area contributed by atoms with Gasteiger partial charge in [0.1, 0.15) is 5.03 Å². The van der Waals surface area contributed by atoms with Crippen molar-refractivity contribution in [2.45, 2.75) is 10.8 Å². The maximum Gasteiger partial charge on any atom is 0.119 e. The second kappa shape index (κ2) is 6.83. The van der Waals surface area contributed by atoms with Gasteiger partial charge in [0, 0.05) is 28.2 Å². The summed E-state index contributed by atoms with van der Waals surface area (Å²) >= 11 is 5.09. The molecule has 2 heterocycles. The summed E-state index contributed by atoms with van der Waals surface area (Å²) in [6.07, 6.45) is 3.65. The summed E-state index contributed by atoms with van der Waals surface area (Å²) in [6.45, 7) is 0. The van der Waals surface area contributed by atoms with Gasteiger partial charge >= 0.3 is 0 Å². The lowest BCUT2D eigenvalue weighted by Gasteiger charge is -2.03. The molecule has 3 rings (SSSR count). The number of hydrogen-bond donors (Lipinski definition) is 0. The molecule has 0 N–H and O–H groups in total. The van der Waals surface area contributed by atoms with Crippen LogP contribution in [0.2, 0.25) is 0 Å². The Morgan fingerprint density at radius 2 is 1.81 bits per heavy atom. The smallest absolute Gasteiger partial charge is 0.119 e. The average molecular weight is 358 g/mol. The van der Waals surface area contributed by atoms with Gasteiger partial charge in [0.25, 0.3) is 0 Å². The van der Waals surface area contributed by atoms with Crippen molar-refractivity contribution in [1.82, 2.24) is 15.2 Å². The number of nitrogens with zero attached hydrogens (tertiary/aromatic N) is 3. The Morgan fingerprint density at radius 1 is 0.952 bits per heavy atom. The Hall–Kier alpha value is -1.72. The highest BCUT2D eigenvalue weighted by Gasteiger charge is 2.02. The molecule has 5 heteroatoms. The number of halogens is 1. The fourth-order valence-corrected chi connectivity index (χ4v) is 2.82. The fourth-order valence-electron chi connectivity index (χ4n) is 1.81. The first-order valence-corrected chi connectivity index (χ1v) is 8.20. The van der Waals surface area contributed by atoms with E-state index in [1.807, 2.05) is 48.7 Å². The van der Waals surface area contributed by atoms with Gasteiger partial charge in [0.05, 0.1) is 5.69 Å². The molecule has 0 radical (unpaired) electrons. The SMILES string of the molecule is Brc1ccc(-c2ccc(SCc3cccnc3)nn2)cc1. The highest BCUT2D eigenvalue weighted by atomic mass is 79.9. The predicted molar refractivity (Wildman–Crippen MR) is 89.0 cm³/mol. The van der Waals surface area contributed by atoms with Crippen LogP contribution in [0.3, 0.4) is 0 Å². The van der Waals surface area contributed by atoms with Crippen LogP contribution in [0, 0.1) is 0 Å². The third-order valence-corrected chi connectivity index (χ3v) is 4.41. The lowest BCUT2D eigenvalue weighted by atomic mass is 10.1. The molecule has 21 heavy (non-hydrogen) atoms. The largest absolute Gasteiger partial charge is 0.264 e. The van der Waals surface area contributed by atoms with E-state index in [1.54, 1.807) is 18.0 Å². The molecule has 0 saturated heterocycles. The lowest BCUT2D eigenvalue weighted by Crippen LogP contribution is -1.90. The fraction of sp³-hybridized carbons (Fsp3) is 0.0625. The van der Waals surface area contributed by atoms with Gasteiger partial charge in [-0.3, -0.25) is 4.98 Å². The summed E-state index contributed by atoms with van der Waals surface area (Å²) in [4.78, 5) is 4.10. The molecule has 0 spiro atoms. The van der Waals surface area contributed by atoms with E-state index >= 15 is 0 Å². The van der Waals surface area contributed by atoms with Gasteiger partial charge < -0.3 is 0 Å². The number of hydrogen-bond acceptors (Lipinski definition) is 4. The van der Waals surface area contributed by atoms with Gasteiger partial charge in [-0.15, -0.1) is 10.2 Å². The first-order valence-electron chi connectivity index (χ1n) is 6.43. The van der Waals surface area contributed by atoms with Crippen molar-refractivity contribution in [3.05, 3.63) is 71.0 Å². The molecule has 0 aliphatic carbocycles. The Kier molecular flexibility index (Phi) is 4.62. The maximum atomic E-state index is 4.29. The molecule has 0 unspecified atom stereocenters. The summed E-state index contributed by atoms with van der Waals surface area (Å²) < 4.78 is 1.06. The zero-order valence-corrected chi connectivity index (χ0v) is 13.5. The van der Waals surface area contributed by atoms with E-state index in [2.05, 4.69) is 37.2 Å². The van der Waals surface area contributed by atoms with Crippen molar-refractivity contribution in [3.8, 4) is 11.3 Å². The molecule has 0 fully saturated rings. The third kappa shape index (κ3) is 3.89. The topological polar surface area (TPSA) is 38.7 Å². The summed E-state index contributed by atoms with van der Waals surface area (Å²) in [7, 11) is 0. The van der Waals surface area contributed by atoms with E-state index in [9.17, 15) is 0 Å². The minimum atomic E-state index is 0.847. The lowest BCUT2D eigenvalue weighted by molar-refractivity contribution is 0.935. The normalized spacial score (nSPS) is 10.5. The quantitative estimate of drug-likeness (QED) is 0.640.